The SMILES string of the molecule is C=C1NC(=O)Nc2cc(NC)c(F)cc21. The van der Waals surface area contributed by atoms with Crippen LogP contribution < -0.4 is 16.0 Å². The number of fused-ring (bicyclic) bond motifs is 1. The zero-order valence-electron chi connectivity index (χ0n) is 8.15. The van der Waals surface area contributed by atoms with E-state index in [2.05, 4.69) is 22.5 Å². The van der Waals surface area contributed by atoms with Gasteiger partial charge in [-0.25, -0.2) is 9.18 Å². The Bertz CT molecular complexity index is 456. The molecule has 3 N–H and O–H groups in total. The third kappa shape index (κ3) is 1.52. The molecule has 4 nitrogen and oxygen atoms in total. The van der Waals surface area contributed by atoms with Gasteiger partial charge in [-0.05, 0) is 12.1 Å². The number of urea groups is 1. The van der Waals surface area contributed by atoms with E-state index in [1.807, 2.05) is 0 Å². The Hall–Kier alpha value is -2.04. The predicted octanol–water partition coefficient (Wildman–Crippen LogP) is 1.97. The summed E-state index contributed by atoms with van der Waals surface area (Å²) in [4.78, 5) is 11.1. The van der Waals surface area contributed by atoms with Crippen LogP contribution in [0.5, 0.6) is 0 Å². The summed E-state index contributed by atoms with van der Waals surface area (Å²) >= 11 is 0. The molecule has 1 aromatic carbocycles. The van der Waals surface area contributed by atoms with Crippen LogP contribution in [0.4, 0.5) is 20.6 Å². The van der Waals surface area contributed by atoms with E-state index in [-0.39, 0.29) is 11.8 Å². The maximum Gasteiger partial charge on any atom is 0.323 e. The van der Waals surface area contributed by atoms with Gasteiger partial charge >= 0.3 is 6.03 Å². The highest BCUT2D eigenvalue weighted by atomic mass is 19.1. The minimum atomic E-state index is -0.379. The van der Waals surface area contributed by atoms with E-state index in [4.69, 9.17) is 0 Å². The lowest BCUT2D eigenvalue weighted by molar-refractivity contribution is 0.255. The first-order chi connectivity index (χ1) is 7.11. The molecule has 0 bridgehead atoms. The second kappa shape index (κ2) is 3.27. The van der Waals surface area contributed by atoms with Crippen LogP contribution >= 0.6 is 0 Å². The Morgan fingerprint density at radius 2 is 2.13 bits per heavy atom. The Balaban J connectivity index is 2.56. The maximum atomic E-state index is 13.4. The smallest absolute Gasteiger partial charge is 0.323 e. The minimum Gasteiger partial charge on any atom is -0.386 e. The molecule has 0 fully saturated rings. The molecule has 5 heteroatoms. The average Bonchev–Trinajstić information content (AvgIpc) is 2.18. The number of hydrogen-bond acceptors (Lipinski definition) is 2. The maximum absolute atomic E-state index is 13.4. The quantitative estimate of drug-likeness (QED) is 0.659. The van der Waals surface area contributed by atoms with E-state index in [9.17, 15) is 9.18 Å². The molecule has 0 saturated carbocycles. The van der Waals surface area contributed by atoms with Crippen LogP contribution in [0.1, 0.15) is 5.56 Å². The Morgan fingerprint density at radius 3 is 2.80 bits per heavy atom. The van der Waals surface area contributed by atoms with E-state index < -0.39 is 0 Å². The molecular formula is C10H10FN3O. The first-order valence-electron chi connectivity index (χ1n) is 4.40. The molecule has 1 heterocycles. The van der Waals surface area contributed by atoms with Crippen LogP contribution in [-0.2, 0) is 0 Å². The fraction of sp³-hybridized carbons (Fsp3) is 0.100. The van der Waals surface area contributed by atoms with E-state index >= 15 is 0 Å². The van der Waals surface area contributed by atoms with Crippen LogP contribution in [0.3, 0.4) is 0 Å². The zero-order valence-corrected chi connectivity index (χ0v) is 8.15. The van der Waals surface area contributed by atoms with Gasteiger partial charge in [0, 0.05) is 18.3 Å². The van der Waals surface area contributed by atoms with Crippen molar-refractivity contribution >= 4 is 23.1 Å². The van der Waals surface area contributed by atoms with Crippen LogP contribution in [0.25, 0.3) is 5.70 Å². The van der Waals surface area contributed by atoms with Gasteiger partial charge < -0.3 is 16.0 Å². The zero-order chi connectivity index (χ0) is 11.0. The molecule has 0 atom stereocenters. The van der Waals surface area contributed by atoms with Crippen molar-refractivity contribution in [3.63, 3.8) is 0 Å². The lowest BCUT2D eigenvalue weighted by atomic mass is 10.1. The normalized spacial score (nSPS) is 14.0. The van der Waals surface area contributed by atoms with Crippen LogP contribution in [0.2, 0.25) is 0 Å². The van der Waals surface area contributed by atoms with E-state index in [0.717, 1.165) is 0 Å². The van der Waals surface area contributed by atoms with Crippen molar-refractivity contribution in [3.8, 4) is 0 Å². The molecule has 0 radical (unpaired) electrons. The van der Waals surface area contributed by atoms with Crippen LogP contribution in [0, 0.1) is 5.82 Å². The highest BCUT2D eigenvalue weighted by Crippen LogP contribution is 2.30. The summed E-state index contributed by atoms with van der Waals surface area (Å²) in [5.41, 5.74) is 1.85. The van der Waals surface area contributed by atoms with Crippen molar-refractivity contribution in [1.82, 2.24) is 5.32 Å². The number of carbonyl (C=O) groups excluding carboxylic acids is 1. The molecule has 0 aliphatic carbocycles. The monoisotopic (exact) mass is 207 g/mol. The molecule has 0 unspecified atom stereocenters. The fourth-order valence-corrected chi connectivity index (χ4v) is 1.48. The highest BCUT2D eigenvalue weighted by Gasteiger charge is 2.19. The summed E-state index contributed by atoms with van der Waals surface area (Å²) in [6, 6.07) is 2.51. The number of amides is 2. The van der Waals surface area contributed by atoms with Crippen molar-refractivity contribution < 1.29 is 9.18 Å². The van der Waals surface area contributed by atoms with Gasteiger partial charge in [0.25, 0.3) is 0 Å². The summed E-state index contributed by atoms with van der Waals surface area (Å²) in [5.74, 6) is -0.379. The van der Waals surface area contributed by atoms with E-state index in [1.165, 1.54) is 12.1 Å². The van der Waals surface area contributed by atoms with Gasteiger partial charge in [-0.3, -0.25) is 0 Å². The molecule has 0 spiro atoms. The number of hydrogen-bond donors (Lipinski definition) is 3. The summed E-state index contributed by atoms with van der Waals surface area (Å²) in [5, 5.41) is 7.74. The standard InChI is InChI=1S/C10H10FN3O/c1-5-6-3-7(11)9(12-2)4-8(6)14-10(15)13-5/h3-4,12H,1H2,2H3,(H2,13,14,15). The molecule has 78 valence electrons. The number of benzene rings is 1. The van der Waals surface area contributed by atoms with Crippen molar-refractivity contribution in [3.05, 3.63) is 30.1 Å². The van der Waals surface area contributed by atoms with Gasteiger partial charge in [0.1, 0.15) is 5.82 Å². The molecule has 2 amide bonds. The minimum absolute atomic E-state index is 0.337. The van der Waals surface area contributed by atoms with Gasteiger partial charge in [-0.1, -0.05) is 6.58 Å². The average molecular weight is 207 g/mol. The number of carbonyl (C=O) groups is 1. The molecule has 1 aliphatic rings. The summed E-state index contributed by atoms with van der Waals surface area (Å²) in [6.07, 6.45) is 0. The second-order valence-corrected chi connectivity index (χ2v) is 3.19. The number of anilines is 2. The van der Waals surface area contributed by atoms with Gasteiger partial charge in [0.15, 0.2) is 0 Å². The third-order valence-corrected chi connectivity index (χ3v) is 2.21. The predicted molar refractivity (Wildman–Crippen MR) is 57.1 cm³/mol. The largest absolute Gasteiger partial charge is 0.386 e. The Labute approximate surface area is 86.2 Å². The van der Waals surface area contributed by atoms with E-state index in [1.54, 1.807) is 7.05 Å². The highest BCUT2D eigenvalue weighted by molar-refractivity contribution is 6.03. The third-order valence-electron chi connectivity index (χ3n) is 2.21. The van der Waals surface area contributed by atoms with Crippen molar-refractivity contribution in [2.75, 3.05) is 17.7 Å². The molecule has 0 saturated heterocycles. The number of halogens is 1. The molecule has 2 rings (SSSR count). The van der Waals surface area contributed by atoms with Gasteiger partial charge in [0.05, 0.1) is 11.4 Å². The van der Waals surface area contributed by atoms with Crippen molar-refractivity contribution in [2.24, 2.45) is 0 Å². The fourth-order valence-electron chi connectivity index (χ4n) is 1.48. The van der Waals surface area contributed by atoms with Gasteiger partial charge in [-0.2, -0.15) is 0 Å². The molecule has 1 aromatic rings. The lowest BCUT2D eigenvalue weighted by Crippen LogP contribution is -2.32. The number of nitrogens with one attached hydrogen (secondary N) is 3. The second-order valence-electron chi connectivity index (χ2n) is 3.19. The van der Waals surface area contributed by atoms with Crippen molar-refractivity contribution in [2.45, 2.75) is 0 Å². The van der Waals surface area contributed by atoms with E-state index in [0.29, 0.717) is 22.6 Å². The Kier molecular flexibility index (Phi) is 2.07. The first-order valence-corrected chi connectivity index (χ1v) is 4.40. The van der Waals surface area contributed by atoms with Crippen LogP contribution in [-0.4, -0.2) is 13.1 Å². The van der Waals surface area contributed by atoms with Gasteiger partial charge in [0.2, 0.25) is 0 Å². The molecule has 0 aromatic heterocycles. The molecular weight excluding hydrogens is 197 g/mol. The van der Waals surface area contributed by atoms with Gasteiger partial charge in [-0.15, -0.1) is 0 Å². The Morgan fingerprint density at radius 1 is 1.40 bits per heavy atom. The first kappa shape index (κ1) is 9.51. The summed E-state index contributed by atoms with van der Waals surface area (Å²) in [7, 11) is 1.61. The lowest BCUT2D eigenvalue weighted by Gasteiger charge is -2.21. The number of rotatable bonds is 1. The summed E-state index contributed by atoms with van der Waals surface area (Å²) < 4.78 is 13.4. The molecule has 1 aliphatic heterocycles. The molecule has 15 heavy (non-hydrogen) atoms. The van der Waals surface area contributed by atoms with Crippen LogP contribution in [0.15, 0.2) is 18.7 Å². The van der Waals surface area contributed by atoms with Crippen molar-refractivity contribution in [1.29, 1.82) is 0 Å². The topological polar surface area (TPSA) is 53.2 Å². The summed E-state index contributed by atoms with van der Waals surface area (Å²) in [6.45, 7) is 3.64.